The summed E-state index contributed by atoms with van der Waals surface area (Å²) in [5.74, 6) is -0.0402. The van der Waals surface area contributed by atoms with Crippen molar-refractivity contribution in [1.82, 2.24) is 5.16 Å². The molecule has 2 rings (SSSR count). The van der Waals surface area contributed by atoms with Gasteiger partial charge in [-0.1, -0.05) is 11.2 Å². The Morgan fingerprint density at radius 2 is 2.20 bits per heavy atom. The van der Waals surface area contributed by atoms with Gasteiger partial charge in [0.25, 0.3) is 0 Å². The van der Waals surface area contributed by atoms with E-state index in [1.807, 2.05) is 0 Å². The lowest BCUT2D eigenvalue weighted by molar-refractivity contribution is 0.0686. The van der Waals surface area contributed by atoms with Gasteiger partial charge in [-0.3, -0.25) is 0 Å². The highest BCUT2D eigenvalue weighted by molar-refractivity contribution is 5.92. The molecule has 0 aliphatic carbocycles. The van der Waals surface area contributed by atoms with Crippen molar-refractivity contribution in [3.63, 3.8) is 0 Å². The first-order chi connectivity index (χ1) is 9.52. The van der Waals surface area contributed by atoms with Gasteiger partial charge >= 0.3 is 5.97 Å². The summed E-state index contributed by atoms with van der Waals surface area (Å²) in [4.78, 5) is 11.2. The Hall–Kier alpha value is -2.50. The van der Waals surface area contributed by atoms with Crippen LogP contribution in [0.5, 0.6) is 11.5 Å². The van der Waals surface area contributed by atoms with Crippen molar-refractivity contribution in [3.05, 3.63) is 41.3 Å². The number of aromatic carboxylic acids is 1. The maximum atomic E-state index is 11.2. The van der Waals surface area contributed by atoms with E-state index in [4.69, 9.17) is 14.0 Å². The van der Waals surface area contributed by atoms with Crippen molar-refractivity contribution in [1.29, 1.82) is 0 Å². The van der Waals surface area contributed by atoms with E-state index in [-0.39, 0.29) is 11.3 Å². The average Bonchev–Trinajstić information content (AvgIpc) is 2.85. The number of carboxylic acid groups (broad SMARTS) is 1. The Kier molecular flexibility index (Phi) is 3.93. The number of para-hydroxylation sites is 1. The third-order valence-corrected chi connectivity index (χ3v) is 2.77. The fraction of sp³-hybridized carbons (Fsp3) is 0.286. The van der Waals surface area contributed by atoms with Crippen LogP contribution in [0.15, 0.2) is 28.8 Å². The molecule has 1 heterocycles. The van der Waals surface area contributed by atoms with Crippen LogP contribution in [0, 0.1) is 6.92 Å². The predicted molar refractivity (Wildman–Crippen MR) is 70.2 cm³/mol. The molecule has 1 N–H and O–H groups in total. The lowest BCUT2D eigenvalue weighted by Crippen LogP contribution is -2.08. The van der Waals surface area contributed by atoms with E-state index >= 15 is 0 Å². The third-order valence-electron chi connectivity index (χ3n) is 2.77. The molecule has 6 nitrogen and oxygen atoms in total. The summed E-state index contributed by atoms with van der Waals surface area (Å²) >= 11 is 0. The molecule has 0 fully saturated rings. The molecule has 0 bridgehead atoms. The standard InChI is InChI=1S/C14H15NO5/c1-8-7-12(20-15-8)9(2)19-13-10(14(16)17)5-4-6-11(13)18-3/h4-7,9H,1-3H3,(H,16,17). The molecule has 0 radical (unpaired) electrons. The second-order valence-electron chi connectivity index (χ2n) is 4.27. The van der Waals surface area contributed by atoms with Crippen LogP contribution < -0.4 is 9.47 Å². The maximum Gasteiger partial charge on any atom is 0.339 e. The van der Waals surface area contributed by atoms with Crippen LogP contribution in [0.2, 0.25) is 0 Å². The van der Waals surface area contributed by atoms with Crippen molar-refractivity contribution in [3.8, 4) is 11.5 Å². The number of hydrogen-bond donors (Lipinski definition) is 1. The van der Waals surface area contributed by atoms with E-state index in [2.05, 4.69) is 5.16 Å². The fourth-order valence-corrected chi connectivity index (χ4v) is 1.78. The zero-order valence-electron chi connectivity index (χ0n) is 11.4. The third kappa shape index (κ3) is 2.74. The molecule has 0 spiro atoms. The van der Waals surface area contributed by atoms with Gasteiger partial charge in [0.05, 0.1) is 12.8 Å². The lowest BCUT2D eigenvalue weighted by atomic mass is 10.2. The molecule has 1 unspecified atom stereocenters. The Bertz CT molecular complexity index is 620. The van der Waals surface area contributed by atoms with E-state index in [0.717, 1.165) is 5.69 Å². The van der Waals surface area contributed by atoms with Crippen LogP contribution in [-0.4, -0.2) is 23.3 Å². The molecule has 0 saturated heterocycles. The van der Waals surface area contributed by atoms with Gasteiger partial charge in [0.2, 0.25) is 0 Å². The Morgan fingerprint density at radius 1 is 1.45 bits per heavy atom. The Morgan fingerprint density at radius 3 is 2.75 bits per heavy atom. The first-order valence-electron chi connectivity index (χ1n) is 6.03. The van der Waals surface area contributed by atoms with E-state index in [9.17, 15) is 9.90 Å². The van der Waals surface area contributed by atoms with Gasteiger partial charge in [-0.25, -0.2) is 4.79 Å². The van der Waals surface area contributed by atoms with Crippen molar-refractivity contribution >= 4 is 5.97 Å². The number of benzene rings is 1. The van der Waals surface area contributed by atoms with E-state index in [0.29, 0.717) is 11.5 Å². The summed E-state index contributed by atoms with van der Waals surface area (Å²) in [7, 11) is 1.46. The van der Waals surface area contributed by atoms with E-state index < -0.39 is 12.1 Å². The average molecular weight is 277 g/mol. The SMILES string of the molecule is COc1cccc(C(=O)O)c1OC(C)c1cc(C)no1. The summed E-state index contributed by atoms with van der Waals surface area (Å²) in [6.45, 7) is 3.55. The molecule has 6 heteroatoms. The largest absolute Gasteiger partial charge is 0.493 e. The van der Waals surface area contributed by atoms with Gasteiger partial charge in [0, 0.05) is 6.07 Å². The topological polar surface area (TPSA) is 81.8 Å². The summed E-state index contributed by atoms with van der Waals surface area (Å²) in [5, 5.41) is 13.0. The number of aromatic nitrogens is 1. The quantitative estimate of drug-likeness (QED) is 0.905. The van der Waals surface area contributed by atoms with Gasteiger partial charge < -0.3 is 19.1 Å². The summed E-state index contributed by atoms with van der Waals surface area (Å²) < 4.78 is 15.9. The van der Waals surface area contributed by atoms with E-state index in [1.54, 1.807) is 32.0 Å². The molecule has 106 valence electrons. The predicted octanol–water partition coefficient (Wildman–Crippen LogP) is 2.83. The molecular formula is C14H15NO5. The minimum atomic E-state index is -1.08. The van der Waals surface area contributed by atoms with Gasteiger partial charge in [0.1, 0.15) is 5.56 Å². The van der Waals surface area contributed by atoms with Crippen molar-refractivity contribution < 1.29 is 23.9 Å². The molecule has 1 aromatic carbocycles. The van der Waals surface area contributed by atoms with Crippen molar-refractivity contribution in [2.75, 3.05) is 7.11 Å². The number of methoxy groups -OCH3 is 1. The van der Waals surface area contributed by atoms with Crippen LogP contribution in [0.4, 0.5) is 0 Å². The van der Waals surface area contributed by atoms with Gasteiger partial charge in [0.15, 0.2) is 23.4 Å². The molecular weight excluding hydrogens is 262 g/mol. The summed E-state index contributed by atoms with van der Waals surface area (Å²) in [6, 6.07) is 6.43. The van der Waals surface area contributed by atoms with E-state index in [1.165, 1.54) is 13.2 Å². The highest BCUT2D eigenvalue weighted by Gasteiger charge is 2.21. The lowest BCUT2D eigenvalue weighted by Gasteiger charge is -2.16. The van der Waals surface area contributed by atoms with Crippen LogP contribution in [0.1, 0.15) is 34.8 Å². The minimum absolute atomic E-state index is 0.0347. The zero-order valence-corrected chi connectivity index (χ0v) is 11.4. The van der Waals surface area contributed by atoms with Crippen LogP contribution in [-0.2, 0) is 0 Å². The number of hydrogen-bond acceptors (Lipinski definition) is 5. The maximum absolute atomic E-state index is 11.2. The highest BCUT2D eigenvalue weighted by atomic mass is 16.5. The van der Waals surface area contributed by atoms with Crippen molar-refractivity contribution in [2.45, 2.75) is 20.0 Å². The Labute approximate surface area is 115 Å². The molecule has 0 aliphatic rings. The molecule has 1 atom stereocenters. The minimum Gasteiger partial charge on any atom is -0.493 e. The van der Waals surface area contributed by atoms with Crippen LogP contribution in [0.3, 0.4) is 0 Å². The number of aryl methyl sites for hydroxylation is 1. The Balaban J connectivity index is 2.34. The molecule has 0 amide bonds. The first kappa shape index (κ1) is 13.9. The normalized spacial score (nSPS) is 11.9. The summed E-state index contributed by atoms with van der Waals surface area (Å²) in [5.41, 5.74) is 0.765. The fourth-order valence-electron chi connectivity index (χ4n) is 1.78. The van der Waals surface area contributed by atoms with Crippen LogP contribution in [0.25, 0.3) is 0 Å². The molecule has 2 aromatic rings. The smallest absolute Gasteiger partial charge is 0.339 e. The molecule has 20 heavy (non-hydrogen) atoms. The molecule has 1 aromatic heterocycles. The summed E-state index contributed by atoms with van der Waals surface area (Å²) in [6.07, 6.45) is -0.481. The van der Waals surface area contributed by atoms with Gasteiger partial charge in [-0.2, -0.15) is 0 Å². The second kappa shape index (κ2) is 5.64. The number of ether oxygens (including phenoxy) is 2. The second-order valence-corrected chi connectivity index (χ2v) is 4.27. The number of carbonyl (C=O) groups is 1. The highest BCUT2D eigenvalue weighted by Crippen LogP contribution is 2.34. The number of nitrogens with zero attached hydrogens (tertiary/aromatic N) is 1. The number of carboxylic acids is 1. The first-order valence-corrected chi connectivity index (χ1v) is 6.03. The molecule has 0 aliphatic heterocycles. The van der Waals surface area contributed by atoms with Crippen molar-refractivity contribution in [2.24, 2.45) is 0 Å². The van der Waals surface area contributed by atoms with Gasteiger partial charge in [-0.15, -0.1) is 0 Å². The zero-order chi connectivity index (χ0) is 14.7. The molecule has 0 saturated carbocycles. The number of rotatable bonds is 5. The monoisotopic (exact) mass is 277 g/mol. The van der Waals surface area contributed by atoms with Gasteiger partial charge in [-0.05, 0) is 26.0 Å². The van der Waals surface area contributed by atoms with Crippen LogP contribution >= 0.6 is 0 Å².